The van der Waals surface area contributed by atoms with Gasteiger partial charge in [0.15, 0.2) is 0 Å². The van der Waals surface area contributed by atoms with Gasteiger partial charge in [-0.05, 0) is 30.5 Å². The summed E-state index contributed by atoms with van der Waals surface area (Å²) in [6.45, 7) is 1.03. The Kier molecular flexibility index (Phi) is 8.16. The second kappa shape index (κ2) is 10.2. The van der Waals surface area contributed by atoms with Crippen LogP contribution in [0.1, 0.15) is 12.0 Å². The highest BCUT2D eigenvalue weighted by Gasteiger charge is 2.07. The Labute approximate surface area is 130 Å². The fourth-order valence-electron chi connectivity index (χ4n) is 1.71. The van der Waals surface area contributed by atoms with Crippen LogP contribution in [-0.2, 0) is 11.2 Å². The van der Waals surface area contributed by atoms with Crippen molar-refractivity contribution in [1.82, 2.24) is 10.6 Å². The first kappa shape index (κ1) is 17.5. The van der Waals surface area contributed by atoms with Gasteiger partial charge < -0.3 is 20.5 Å². The molecule has 0 aliphatic carbocycles. The fourth-order valence-corrected chi connectivity index (χ4v) is 1.71. The van der Waals surface area contributed by atoms with Crippen LogP contribution in [0, 0.1) is 11.3 Å². The van der Waals surface area contributed by atoms with Crippen LogP contribution < -0.4 is 15.4 Å². The third-order valence-corrected chi connectivity index (χ3v) is 2.95. The summed E-state index contributed by atoms with van der Waals surface area (Å²) in [6.07, 6.45) is 2.61. The Bertz CT molecular complexity index is 533. The molecule has 118 valence electrons. The molecule has 0 heterocycles. The zero-order valence-electron chi connectivity index (χ0n) is 12.6. The Balaban J connectivity index is 2.38. The second-order valence-corrected chi connectivity index (χ2v) is 4.56. The molecule has 0 spiro atoms. The number of nitriles is 1. The second-order valence-electron chi connectivity index (χ2n) is 4.56. The van der Waals surface area contributed by atoms with Gasteiger partial charge in [0, 0.05) is 25.9 Å². The van der Waals surface area contributed by atoms with Crippen LogP contribution in [0.4, 0.5) is 0 Å². The number of carbonyl (C=O) groups excluding carboxylic acids is 1. The summed E-state index contributed by atoms with van der Waals surface area (Å²) in [5.41, 5.74) is 1.09. The number of aliphatic hydroxyl groups is 1. The van der Waals surface area contributed by atoms with Crippen molar-refractivity contribution in [2.24, 2.45) is 0 Å². The lowest BCUT2D eigenvalue weighted by molar-refractivity contribution is -0.117. The highest BCUT2D eigenvalue weighted by molar-refractivity contribution is 5.97. The number of ether oxygens (including phenoxy) is 1. The van der Waals surface area contributed by atoms with E-state index in [1.54, 1.807) is 7.11 Å². The first-order chi connectivity index (χ1) is 10.7. The van der Waals surface area contributed by atoms with Gasteiger partial charge in [0.05, 0.1) is 7.11 Å². The van der Waals surface area contributed by atoms with Gasteiger partial charge in [-0.2, -0.15) is 5.26 Å². The van der Waals surface area contributed by atoms with Crippen molar-refractivity contribution in [2.45, 2.75) is 12.8 Å². The molecule has 1 rings (SSSR count). The number of aliphatic hydroxyl groups excluding tert-OH is 1. The summed E-state index contributed by atoms with van der Waals surface area (Å²) in [4.78, 5) is 11.8. The van der Waals surface area contributed by atoms with Crippen molar-refractivity contribution in [3.05, 3.63) is 41.6 Å². The number of hydrogen-bond acceptors (Lipinski definition) is 5. The minimum Gasteiger partial charge on any atom is -0.497 e. The van der Waals surface area contributed by atoms with Gasteiger partial charge in [0.25, 0.3) is 5.91 Å². The van der Waals surface area contributed by atoms with Gasteiger partial charge in [-0.3, -0.25) is 4.79 Å². The number of hydrogen-bond donors (Lipinski definition) is 3. The number of nitrogens with one attached hydrogen (secondary N) is 2. The molecule has 0 saturated heterocycles. The summed E-state index contributed by atoms with van der Waals surface area (Å²) in [5.74, 6) is 0.379. The predicted octanol–water partition coefficient (Wildman–Crippen LogP) is 0.733. The first-order valence-electron chi connectivity index (χ1n) is 7.07. The Morgan fingerprint density at radius 1 is 1.36 bits per heavy atom. The first-order valence-corrected chi connectivity index (χ1v) is 7.07. The third-order valence-electron chi connectivity index (χ3n) is 2.95. The quantitative estimate of drug-likeness (QED) is 0.355. The van der Waals surface area contributed by atoms with Crippen molar-refractivity contribution >= 4 is 5.91 Å². The highest BCUT2D eigenvalue weighted by Crippen LogP contribution is 2.11. The molecule has 1 aromatic carbocycles. The molecule has 3 N–H and O–H groups in total. The van der Waals surface area contributed by atoms with Crippen LogP contribution in [0.5, 0.6) is 5.75 Å². The molecule has 6 heteroatoms. The van der Waals surface area contributed by atoms with E-state index in [2.05, 4.69) is 10.6 Å². The van der Waals surface area contributed by atoms with E-state index >= 15 is 0 Å². The van der Waals surface area contributed by atoms with E-state index < -0.39 is 5.91 Å². The molecule has 6 nitrogen and oxygen atoms in total. The molecule has 0 aromatic heterocycles. The number of amides is 1. The van der Waals surface area contributed by atoms with E-state index in [-0.39, 0.29) is 12.2 Å². The predicted molar refractivity (Wildman–Crippen MR) is 83.1 cm³/mol. The normalized spacial score (nSPS) is 10.7. The smallest absolute Gasteiger partial charge is 0.263 e. The van der Waals surface area contributed by atoms with E-state index in [0.29, 0.717) is 25.9 Å². The number of methoxy groups -OCH3 is 1. The van der Waals surface area contributed by atoms with E-state index in [1.165, 1.54) is 6.20 Å². The standard InChI is InChI=1S/C16H21N3O3/c1-22-15-5-3-13(4-6-15)7-9-19-16(21)14(11-17)12-18-8-2-10-20/h3-6,12,18,20H,2,7-10H2,1H3,(H,19,21)/b14-12-. The molecule has 1 aromatic rings. The van der Waals surface area contributed by atoms with Gasteiger partial charge in [0.2, 0.25) is 0 Å². The van der Waals surface area contributed by atoms with Crippen molar-refractivity contribution in [2.75, 3.05) is 26.8 Å². The van der Waals surface area contributed by atoms with Gasteiger partial charge in [-0.15, -0.1) is 0 Å². The molecule has 0 bridgehead atoms. The Morgan fingerprint density at radius 3 is 2.68 bits per heavy atom. The average Bonchev–Trinajstić information content (AvgIpc) is 2.55. The van der Waals surface area contributed by atoms with Crippen molar-refractivity contribution in [3.8, 4) is 11.8 Å². The zero-order chi connectivity index (χ0) is 16.2. The highest BCUT2D eigenvalue weighted by atomic mass is 16.5. The molecular weight excluding hydrogens is 282 g/mol. The Morgan fingerprint density at radius 2 is 2.09 bits per heavy atom. The van der Waals surface area contributed by atoms with Crippen molar-refractivity contribution < 1.29 is 14.6 Å². The SMILES string of the molecule is COc1ccc(CCNC(=O)/C(C#N)=C\NCCCO)cc1. The maximum absolute atomic E-state index is 11.8. The van der Waals surface area contributed by atoms with E-state index in [0.717, 1.165) is 11.3 Å². The summed E-state index contributed by atoms with van der Waals surface area (Å²) in [5, 5.41) is 23.1. The summed E-state index contributed by atoms with van der Waals surface area (Å²) in [7, 11) is 1.61. The topological polar surface area (TPSA) is 94.4 Å². The fraction of sp³-hybridized carbons (Fsp3) is 0.375. The van der Waals surface area contributed by atoms with Crippen molar-refractivity contribution in [3.63, 3.8) is 0 Å². The number of carbonyl (C=O) groups is 1. The molecule has 0 unspecified atom stereocenters. The molecule has 0 aliphatic heterocycles. The van der Waals surface area contributed by atoms with Crippen LogP contribution in [0.3, 0.4) is 0 Å². The molecule has 1 amide bonds. The molecule has 0 saturated carbocycles. The number of rotatable bonds is 9. The van der Waals surface area contributed by atoms with Gasteiger partial charge in [-0.25, -0.2) is 0 Å². The maximum atomic E-state index is 11.8. The minimum atomic E-state index is -0.410. The molecule has 0 radical (unpaired) electrons. The molecule has 0 atom stereocenters. The van der Waals surface area contributed by atoms with Crippen molar-refractivity contribution in [1.29, 1.82) is 5.26 Å². The molecule has 22 heavy (non-hydrogen) atoms. The molecular formula is C16H21N3O3. The van der Waals surface area contributed by atoms with Crippen LogP contribution in [-0.4, -0.2) is 37.8 Å². The van der Waals surface area contributed by atoms with Crippen LogP contribution in [0.2, 0.25) is 0 Å². The van der Waals surface area contributed by atoms with Gasteiger partial charge in [-0.1, -0.05) is 12.1 Å². The van der Waals surface area contributed by atoms with Gasteiger partial charge in [0.1, 0.15) is 17.4 Å². The van der Waals surface area contributed by atoms with Crippen LogP contribution in [0.25, 0.3) is 0 Å². The number of nitrogens with zero attached hydrogens (tertiary/aromatic N) is 1. The van der Waals surface area contributed by atoms with E-state index in [1.807, 2.05) is 30.3 Å². The lowest BCUT2D eigenvalue weighted by Gasteiger charge is -2.06. The average molecular weight is 303 g/mol. The Hall–Kier alpha value is -2.52. The zero-order valence-corrected chi connectivity index (χ0v) is 12.6. The lowest BCUT2D eigenvalue weighted by atomic mass is 10.1. The number of benzene rings is 1. The molecule has 0 fully saturated rings. The monoisotopic (exact) mass is 303 g/mol. The lowest BCUT2D eigenvalue weighted by Crippen LogP contribution is -2.27. The van der Waals surface area contributed by atoms with Gasteiger partial charge >= 0.3 is 0 Å². The summed E-state index contributed by atoms with van der Waals surface area (Å²) < 4.78 is 5.08. The third kappa shape index (κ3) is 6.29. The van der Waals surface area contributed by atoms with E-state index in [9.17, 15) is 4.79 Å². The van der Waals surface area contributed by atoms with Crippen LogP contribution >= 0.6 is 0 Å². The molecule has 0 aliphatic rings. The largest absolute Gasteiger partial charge is 0.497 e. The minimum absolute atomic E-state index is 0.0210. The van der Waals surface area contributed by atoms with E-state index in [4.69, 9.17) is 15.1 Å². The maximum Gasteiger partial charge on any atom is 0.263 e. The summed E-state index contributed by atoms with van der Waals surface area (Å²) >= 11 is 0. The summed E-state index contributed by atoms with van der Waals surface area (Å²) in [6, 6.07) is 9.44. The van der Waals surface area contributed by atoms with Crippen LogP contribution in [0.15, 0.2) is 36.0 Å².